The van der Waals surface area contributed by atoms with Gasteiger partial charge < -0.3 is 19.6 Å². The fourth-order valence-corrected chi connectivity index (χ4v) is 2.75. The molecule has 0 fully saturated rings. The van der Waals surface area contributed by atoms with E-state index in [1.807, 2.05) is 6.07 Å². The number of rotatable bonds is 3. The molecule has 2 aromatic carbocycles. The summed E-state index contributed by atoms with van der Waals surface area (Å²) in [6, 6.07) is 13.7. The molecule has 0 unspecified atom stereocenters. The Morgan fingerprint density at radius 3 is 2.62 bits per heavy atom. The lowest BCUT2D eigenvalue weighted by molar-refractivity contribution is 0.410. The summed E-state index contributed by atoms with van der Waals surface area (Å²) in [5.74, 6) is 1.08. The van der Waals surface area contributed by atoms with Gasteiger partial charge in [-0.3, -0.25) is 0 Å². The number of hydrogen-bond donors (Lipinski definition) is 1. The Labute approximate surface area is 125 Å². The van der Waals surface area contributed by atoms with Crippen molar-refractivity contribution in [2.24, 2.45) is 0 Å². The molecule has 4 nitrogen and oxygen atoms in total. The molecule has 0 amide bonds. The van der Waals surface area contributed by atoms with Crippen LogP contribution in [0.3, 0.4) is 0 Å². The highest BCUT2D eigenvalue weighted by Crippen LogP contribution is 2.34. The Morgan fingerprint density at radius 2 is 1.86 bits per heavy atom. The average Bonchev–Trinajstić information content (AvgIpc) is 2.52. The number of nitrogens with zero attached hydrogens (tertiary/aromatic N) is 2. The fraction of sp³-hybridized carbons (Fsp3) is 0.294. The first-order valence-corrected chi connectivity index (χ1v) is 7.10. The van der Waals surface area contributed by atoms with E-state index in [1.54, 1.807) is 19.2 Å². The summed E-state index contributed by atoms with van der Waals surface area (Å²) in [6.45, 7) is 2.58. The zero-order chi connectivity index (χ0) is 14.8. The highest BCUT2D eigenvalue weighted by atomic mass is 16.5. The predicted octanol–water partition coefficient (Wildman–Crippen LogP) is 2.86. The molecule has 0 aromatic heterocycles. The van der Waals surface area contributed by atoms with Crippen molar-refractivity contribution in [3.8, 4) is 11.5 Å². The van der Waals surface area contributed by atoms with E-state index in [0.717, 1.165) is 24.4 Å². The fourth-order valence-electron chi connectivity index (χ4n) is 2.75. The van der Waals surface area contributed by atoms with Crippen LogP contribution in [-0.4, -0.2) is 32.4 Å². The normalized spacial score (nSPS) is 14.0. The molecule has 1 aliphatic heterocycles. The topological polar surface area (TPSA) is 35.9 Å². The van der Waals surface area contributed by atoms with Crippen LogP contribution in [0, 0.1) is 0 Å². The third-order valence-electron chi connectivity index (χ3n) is 3.99. The second kappa shape index (κ2) is 5.56. The maximum atomic E-state index is 10.1. The van der Waals surface area contributed by atoms with E-state index in [1.165, 1.54) is 11.4 Å². The van der Waals surface area contributed by atoms with Crippen molar-refractivity contribution < 1.29 is 9.84 Å². The maximum Gasteiger partial charge on any atom is 0.120 e. The quantitative estimate of drug-likeness (QED) is 0.940. The highest BCUT2D eigenvalue weighted by Gasteiger charge is 2.20. The van der Waals surface area contributed by atoms with E-state index < -0.39 is 0 Å². The van der Waals surface area contributed by atoms with Crippen LogP contribution in [0.15, 0.2) is 42.5 Å². The Kier molecular flexibility index (Phi) is 3.60. The third kappa shape index (κ3) is 2.61. The van der Waals surface area contributed by atoms with Crippen LogP contribution in [0.25, 0.3) is 0 Å². The number of phenols is 1. The lowest BCUT2D eigenvalue weighted by Crippen LogP contribution is -2.38. The number of ether oxygens (including phenoxy) is 1. The van der Waals surface area contributed by atoms with Crippen LogP contribution in [0.1, 0.15) is 5.56 Å². The Bertz CT molecular complexity index is 642. The number of likely N-dealkylation sites (N-methyl/N-ethyl adjacent to an activating group) is 1. The SMILES string of the molecule is COc1ccc(O)c(CN2CCN(C)c3ccccc32)c1. The zero-order valence-corrected chi connectivity index (χ0v) is 12.4. The minimum atomic E-state index is 0.312. The molecule has 3 rings (SSSR count). The van der Waals surface area contributed by atoms with Gasteiger partial charge in [-0.1, -0.05) is 12.1 Å². The number of para-hydroxylation sites is 2. The van der Waals surface area contributed by atoms with Gasteiger partial charge in [-0.2, -0.15) is 0 Å². The molecular formula is C17H20N2O2. The van der Waals surface area contributed by atoms with Crippen molar-refractivity contribution in [1.29, 1.82) is 0 Å². The minimum Gasteiger partial charge on any atom is -0.508 e. The van der Waals surface area contributed by atoms with Crippen molar-refractivity contribution in [2.75, 3.05) is 37.0 Å². The van der Waals surface area contributed by atoms with E-state index >= 15 is 0 Å². The van der Waals surface area contributed by atoms with Crippen molar-refractivity contribution >= 4 is 11.4 Å². The number of benzene rings is 2. The Morgan fingerprint density at radius 1 is 1.10 bits per heavy atom. The van der Waals surface area contributed by atoms with Crippen LogP contribution in [0.2, 0.25) is 0 Å². The number of fused-ring (bicyclic) bond motifs is 1. The summed E-state index contributed by atoms with van der Waals surface area (Å²) in [5, 5.41) is 10.1. The highest BCUT2D eigenvalue weighted by molar-refractivity contribution is 5.73. The molecule has 0 spiro atoms. The standard InChI is InChI=1S/C17H20N2O2/c1-18-9-10-19(16-6-4-3-5-15(16)18)12-13-11-14(21-2)7-8-17(13)20/h3-8,11,20H,9-10,12H2,1-2H3. The van der Waals surface area contributed by atoms with E-state index in [2.05, 4.69) is 41.1 Å². The molecule has 110 valence electrons. The van der Waals surface area contributed by atoms with Gasteiger partial charge in [0.2, 0.25) is 0 Å². The number of aromatic hydroxyl groups is 1. The third-order valence-corrected chi connectivity index (χ3v) is 3.99. The molecule has 0 bridgehead atoms. The van der Waals surface area contributed by atoms with E-state index in [-0.39, 0.29) is 0 Å². The predicted molar refractivity (Wildman–Crippen MR) is 85.4 cm³/mol. The van der Waals surface area contributed by atoms with Crippen molar-refractivity contribution in [2.45, 2.75) is 6.54 Å². The van der Waals surface area contributed by atoms with Crippen LogP contribution in [0.5, 0.6) is 11.5 Å². The maximum absolute atomic E-state index is 10.1. The largest absolute Gasteiger partial charge is 0.508 e. The van der Waals surface area contributed by atoms with Gasteiger partial charge in [0.25, 0.3) is 0 Å². The van der Waals surface area contributed by atoms with Gasteiger partial charge in [0.1, 0.15) is 11.5 Å². The minimum absolute atomic E-state index is 0.312. The van der Waals surface area contributed by atoms with Crippen molar-refractivity contribution in [3.05, 3.63) is 48.0 Å². The second-order valence-corrected chi connectivity index (χ2v) is 5.33. The monoisotopic (exact) mass is 284 g/mol. The Hall–Kier alpha value is -2.36. The van der Waals surface area contributed by atoms with Crippen molar-refractivity contribution in [1.82, 2.24) is 0 Å². The Balaban J connectivity index is 1.91. The summed E-state index contributed by atoms with van der Waals surface area (Å²) < 4.78 is 5.25. The van der Waals surface area contributed by atoms with E-state index in [9.17, 15) is 5.11 Å². The first-order chi connectivity index (χ1) is 10.2. The summed E-state index contributed by atoms with van der Waals surface area (Å²) in [6.07, 6.45) is 0. The van der Waals surface area contributed by atoms with Gasteiger partial charge in [-0.15, -0.1) is 0 Å². The molecular weight excluding hydrogens is 264 g/mol. The molecule has 0 saturated heterocycles. The molecule has 1 aliphatic rings. The number of anilines is 2. The van der Waals surface area contributed by atoms with Crippen LogP contribution in [0.4, 0.5) is 11.4 Å². The molecule has 0 saturated carbocycles. The van der Waals surface area contributed by atoms with E-state index in [4.69, 9.17) is 4.74 Å². The first kappa shape index (κ1) is 13.6. The molecule has 0 radical (unpaired) electrons. The molecule has 0 atom stereocenters. The van der Waals surface area contributed by atoms with Gasteiger partial charge in [0.15, 0.2) is 0 Å². The van der Waals surface area contributed by atoms with Crippen LogP contribution < -0.4 is 14.5 Å². The molecule has 1 heterocycles. The summed E-state index contributed by atoms with van der Waals surface area (Å²) in [7, 11) is 3.75. The van der Waals surface area contributed by atoms with Gasteiger partial charge in [0, 0.05) is 32.2 Å². The average molecular weight is 284 g/mol. The van der Waals surface area contributed by atoms with Crippen molar-refractivity contribution in [3.63, 3.8) is 0 Å². The summed E-state index contributed by atoms with van der Waals surface area (Å²) in [5.41, 5.74) is 3.31. The second-order valence-electron chi connectivity index (χ2n) is 5.33. The summed E-state index contributed by atoms with van der Waals surface area (Å²) in [4.78, 5) is 4.56. The number of hydrogen-bond acceptors (Lipinski definition) is 4. The summed E-state index contributed by atoms with van der Waals surface area (Å²) >= 11 is 0. The van der Waals surface area contributed by atoms with E-state index in [0.29, 0.717) is 12.3 Å². The van der Waals surface area contributed by atoms with Gasteiger partial charge >= 0.3 is 0 Å². The molecule has 4 heteroatoms. The lowest BCUT2D eigenvalue weighted by Gasteiger charge is -2.37. The number of methoxy groups -OCH3 is 1. The van der Waals surface area contributed by atoms with Gasteiger partial charge in [-0.05, 0) is 30.3 Å². The molecule has 2 aromatic rings. The smallest absolute Gasteiger partial charge is 0.120 e. The van der Waals surface area contributed by atoms with Crippen LogP contribution >= 0.6 is 0 Å². The molecule has 21 heavy (non-hydrogen) atoms. The zero-order valence-electron chi connectivity index (χ0n) is 12.4. The van der Waals surface area contributed by atoms with Crippen LogP contribution in [-0.2, 0) is 6.54 Å². The lowest BCUT2D eigenvalue weighted by atomic mass is 10.1. The molecule has 0 aliphatic carbocycles. The molecule has 1 N–H and O–H groups in total. The van der Waals surface area contributed by atoms with Gasteiger partial charge in [-0.25, -0.2) is 0 Å². The van der Waals surface area contributed by atoms with Gasteiger partial charge in [0.05, 0.1) is 18.5 Å². The number of phenolic OH excluding ortho intramolecular Hbond substituents is 1. The first-order valence-electron chi connectivity index (χ1n) is 7.10.